The van der Waals surface area contributed by atoms with Crippen LogP contribution in [0.3, 0.4) is 0 Å². The first-order valence-corrected chi connectivity index (χ1v) is 10.1. The number of carbonyl (C=O) groups is 1. The second-order valence-corrected chi connectivity index (χ2v) is 7.27. The lowest BCUT2D eigenvalue weighted by molar-refractivity contribution is 0.102. The fourth-order valence-electron chi connectivity index (χ4n) is 2.68. The van der Waals surface area contributed by atoms with Gasteiger partial charge in [-0.15, -0.1) is 0 Å². The van der Waals surface area contributed by atoms with E-state index in [4.69, 9.17) is 17.0 Å². The molecule has 1 aromatic heterocycles. The number of amides is 1. The van der Waals surface area contributed by atoms with Gasteiger partial charge in [-0.2, -0.15) is 11.3 Å². The van der Waals surface area contributed by atoms with Gasteiger partial charge in [-0.3, -0.25) is 4.79 Å². The number of rotatable bonds is 6. The molecule has 0 saturated heterocycles. The number of ether oxygens (including phenoxy) is 1. The summed E-state index contributed by atoms with van der Waals surface area (Å²) in [5.74, 6) is 0.268. The predicted octanol–water partition coefficient (Wildman–Crippen LogP) is 5.06. The van der Waals surface area contributed by atoms with E-state index < -0.39 is 0 Å². The first-order valence-electron chi connectivity index (χ1n) is 8.71. The summed E-state index contributed by atoms with van der Waals surface area (Å²) in [6, 6.07) is 16.7. The molecule has 1 unspecified atom stereocenters. The second kappa shape index (κ2) is 9.34. The van der Waals surface area contributed by atoms with E-state index in [9.17, 15) is 4.79 Å². The minimum absolute atomic E-state index is 0.0848. The standard InChI is InChI=1S/C21H21N3O2S2/c1-14(15-11-12-28-13-15)22-21(27)24-18-9-5-4-8-17(18)23-20(25)16-7-3-6-10-19(16)26-2/h3-14H,1-2H3,(H,23,25)(H2,22,24,27). The van der Waals surface area contributed by atoms with Gasteiger partial charge in [0, 0.05) is 0 Å². The average Bonchev–Trinajstić information content (AvgIpc) is 3.24. The Labute approximate surface area is 173 Å². The Kier molecular flexibility index (Phi) is 6.62. The van der Waals surface area contributed by atoms with Gasteiger partial charge in [0.15, 0.2) is 5.11 Å². The molecule has 0 aliphatic rings. The van der Waals surface area contributed by atoms with Crippen LogP contribution in [-0.2, 0) is 0 Å². The van der Waals surface area contributed by atoms with Crippen molar-refractivity contribution in [1.82, 2.24) is 5.32 Å². The number of hydrogen-bond donors (Lipinski definition) is 3. The number of carbonyl (C=O) groups excluding carboxylic acids is 1. The van der Waals surface area contributed by atoms with E-state index in [-0.39, 0.29) is 11.9 Å². The van der Waals surface area contributed by atoms with Crippen LogP contribution in [0.4, 0.5) is 11.4 Å². The molecule has 1 amide bonds. The Hall–Kier alpha value is -2.90. The number of nitrogens with one attached hydrogen (secondary N) is 3. The first kappa shape index (κ1) is 19.9. The summed E-state index contributed by atoms with van der Waals surface area (Å²) in [6.45, 7) is 2.05. The molecule has 2 aromatic carbocycles. The van der Waals surface area contributed by atoms with Crippen molar-refractivity contribution in [1.29, 1.82) is 0 Å². The van der Waals surface area contributed by atoms with Crippen LogP contribution in [0.1, 0.15) is 28.9 Å². The Morgan fingerprint density at radius 3 is 2.39 bits per heavy atom. The summed E-state index contributed by atoms with van der Waals surface area (Å²) < 4.78 is 5.27. The van der Waals surface area contributed by atoms with Crippen molar-refractivity contribution in [2.24, 2.45) is 0 Å². The Bertz CT molecular complexity index is 958. The molecule has 0 fully saturated rings. The van der Waals surface area contributed by atoms with E-state index in [1.165, 1.54) is 5.56 Å². The third kappa shape index (κ3) is 4.88. The van der Waals surface area contributed by atoms with Gasteiger partial charge in [-0.1, -0.05) is 24.3 Å². The highest BCUT2D eigenvalue weighted by atomic mass is 32.1. The fourth-order valence-corrected chi connectivity index (χ4v) is 3.72. The molecule has 0 bridgehead atoms. The number of hydrogen-bond acceptors (Lipinski definition) is 4. The maximum atomic E-state index is 12.7. The Balaban J connectivity index is 1.70. The smallest absolute Gasteiger partial charge is 0.259 e. The monoisotopic (exact) mass is 411 g/mol. The van der Waals surface area contributed by atoms with Crippen molar-refractivity contribution < 1.29 is 9.53 Å². The van der Waals surface area contributed by atoms with Crippen LogP contribution in [0.2, 0.25) is 0 Å². The predicted molar refractivity (Wildman–Crippen MR) is 119 cm³/mol. The molecule has 3 aromatic rings. The summed E-state index contributed by atoms with van der Waals surface area (Å²) in [6.07, 6.45) is 0. The molecule has 0 aliphatic heterocycles. The molecule has 3 rings (SSSR count). The van der Waals surface area contributed by atoms with E-state index in [1.807, 2.05) is 42.6 Å². The summed E-state index contributed by atoms with van der Waals surface area (Å²) >= 11 is 7.09. The number of methoxy groups -OCH3 is 1. The highest BCUT2D eigenvalue weighted by molar-refractivity contribution is 7.80. The van der Waals surface area contributed by atoms with Crippen molar-refractivity contribution in [2.75, 3.05) is 17.7 Å². The summed E-state index contributed by atoms with van der Waals surface area (Å²) in [4.78, 5) is 12.7. The van der Waals surface area contributed by atoms with Gasteiger partial charge in [0.05, 0.1) is 30.1 Å². The number of thiocarbonyl (C=S) groups is 1. The molecule has 28 heavy (non-hydrogen) atoms. The van der Waals surface area contributed by atoms with Crippen LogP contribution in [-0.4, -0.2) is 18.1 Å². The maximum Gasteiger partial charge on any atom is 0.259 e. The molecule has 3 N–H and O–H groups in total. The van der Waals surface area contributed by atoms with Gasteiger partial charge in [0.25, 0.3) is 5.91 Å². The maximum absolute atomic E-state index is 12.7. The van der Waals surface area contributed by atoms with Crippen LogP contribution in [0.15, 0.2) is 65.4 Å². The average molecular weight is 412 g/mol. The molecule has 5 nitrogen and oxygen atoms in total. The minimum Gasteiger partial charge on any atom is -0.496 e. The molecule has 144 valence electrons. The third-order valence-corrected chi connectivity index (χ3v) is 5.09. The lowest BCUT2D eigenvalue weighted by Gasteiger charge is -2.18. The summed E-state index contributed by atoms with van der Waals surface area (Å²) in [5, 5.41) is 13.9. The van der Waals surface area contributed by atoms with Crippen molar-refractivity contribution in [3.8, 4) is 5.75 Å². The van der Waals surface area contributed by atoms with E-state index in [1.54, 1.807) is 36.6 Å². The zero-order chi connectivity index (χ0) is 19.9. The van der Waals surface area contributed by atoms with Crippen LogP contribution >= 0.6 is 23.6 Å². The van der Waals surface area contributed by atoms with Gasteiger partial charge in [0.1, 0.15) is 5.75 Å². The number of para-hydroxylation sites is 3. The number of anilines is 2. The molecule has 0 spiro atoms. The van der Waals surface area contributed by atoms with Crippen LogP contribution in [0.5, 0.6) is 5.75 Å². The lowest BCUT2D eigenvalue weighted by Crippen LogP contribution is -2.31. The molecule has 1 heterocycles. The number of benzene rings is 2. The second-order valence-electron chi connectivity index (χ2n) is 6.08. The Morgan fingerprint density at radius 2 is 1.71 bits per heavy atom. The summed E-state index contributed by atoms with van der Waals surface area (Å²) in [5.41, 5.74) is 2.98. The highest BCUT2D eigenvalue weighted by Gasteiger charge is 2.14. The van der Waals surface area contributed by atoms with Gasteiger partial charge in [0.2, 0.25) is 0 Å². The van der Waals surface area contributed by atoms with Crippen LogP contribution in [0.25, 0.3) is 0 Å². The molecular weight excluding hydrogens is 390 g/mol. The van der Waals surface area contributed by atoms with Crippen molar-refractivity contribution in [2.45, 2.75) is 13.0 Å². The SMILES string of the molecule is COc1ccccc1C(=O)Nc1ccccc1NC(=S)NC(C)c1ccsc1. The normalized spacial score (nSPS) is 11.4. The van der Waals surface area contributed by atoms with E-state index in [2.05, 4.69) is 27.4 Å². The van der Waals surface area contributed by atoms with Gasteiger partial charge >= 0.3 is 0 Å². The molecule has 0 radical (unpaired) electrons. The van der Waals surface area contributed by atoms with Crippen LogP contribution in [0, 0.1) is 0 Å². The van der Waals surface area contributed by atoms with E-state index >= 15 is 0 Å². The van der Waals surface area contributed by atoms with Crippen molar-refractivity contribution in [3.05, 3.63) is 76.5 Å². The largest absolute Gasteiger partial charge is 0.496 e. The quantitative estimate of drug-likeness (QED) is 0.495. The number of thiophene rings is 1. The minimum atomic E-state index is -0.253. The third-order valence-electron chi connectivity index (χ3n) is 4.17. The van der Waals surface area contributed by atoms with E-state index in [0.29, 0.717) is 27.8 Å². The highest BCUT2D eigenvalue weighted by Crippen LogP contribution is 2.24. The Morgan fingerprint density at radius 1 is 1.04 bits per heavy atom. The lowest BCUT2D eigenvalue weighted by atomic mass is 10.1. The van der Waals surface area contributed by atoms with Gasteiger partial charge < -0.3 is 20.7 Å². The first-order chi connectivity index (χ1) is 13.6. The van der Waals surface area contributed by atoms with Gasteiger partial charge in [-0.05, 0) is 65.8 Å². The molecule has 0 aliphatic carbocycles. The molecule has 1 atom stereocenters. The van der Waals surface area contributed by atoms with Crippen molar-refractivity contribution >= 4 is 45.9 Å². The molecular formula is C21H21N3O2S2. The molecule has 7 heteroatoms. The van der Waals surface area contributed by atoms with Crippen molar-refractivity contribution in [3.63, 3.8) is 0 Å². The fraction of sp³-hybridized carbons (Fsp3) is 0.143. The zero-order valence-electron chi connectivity index (χ0n) is 15.6. The van der Waals surface area contributed by atoms with Gasteiger partial charge in [-0.25, -0.2) is 0 Å². The topological polar surface area (TPSA) is 62.4 Å². The molecule has 0 saturated carbocycles. The van der Waals surface area contributed by atoms with E-state index in [0.717, 1.165) is 0 Å². The van der Waals surface area contributed by atoms with Crippen LogP contribution < -0.4 is 20.7 Å². The summed E-state index contributed by atoms with van der Waals surface area (Å²) in [7, 11) is 1.54. The zero-order valence-corrected chi connectivity index (χ0v) is 17.2.